The van der Waals surface area contributed by atoms with Crippen molar-refractivity contribution in [2.75, 3.05) is 0 Å². The minimum absolute atomic E-state index is 0.375. The number of hydrogen-bond donors (Lipinski definition) is 1. The van der Waals surface area contributed by atoms with E-state index in [0.29, 0.717) is 18.4 Å². The summed E-state index contributed by atoms with van der Waals surface area (Å²) in [5.74, 6) is -0.537. The van der Waals surface area contributed by atoms with E-state index in [1.165, 1.54) is 0 Å². The van der Waals surface area contributed by atoms with E-state index in [2.05, 4.69) is 4.72 Å². The van der Waals surface area contributed by atoms with Crippen LogP contribution in [0.5, 0.6) is 0 Å². The van der Waals surface area contributed by atoms with Crippen LogP contribution < -0.4 is 4.72 Å². The van der Waals surface area contributed by atoms with Crippen LogP contribution in [0, 0.1) is 6.92 Å². The minimum Gasteiger partial charge on any atom is -0.268 e. The van der Waals surface area contributed by atoms with Crippen molar-refractivity contribution in [1.82, 2.24) is 4.72 Å². The molecule has 4 nitrogen and oxygen atoms in total. The third-order valence-electron chi connectivity index (χ3n) is 2.59. The first-order valence-corrected chi connectivity index (χ1v) is 6.67. The number of aryl methyl sites for hydroxylation is 1. The summed E-state index contributed by atoms with van der Waals surface area (Å²) in [5.41, 5.74) is 1.18. The van der Waals surface area contributed by atoms with Gasteiger partial charge in [-0.25, -0.2) is 13.1 Å². The Hall–Kier alpha value is -1.36. The fraction of sp³-hybridized carbons (Fsp3) is 0.364. The van der Waals surface area contributed by atoms with E-state index in [1.807, 2.05) is 6.07 Å². The molecule has 1 saturated carbocycles. The molecule has 0 spiro atoms. The number of sulfonamides is 1. The number of benzene rings is 1. The lowest BCUT2D eigenvalue weighted by molar-refractivity contribution is 0.0981. The van der Waals surface area contributed by atoms with Crippen LogP contribution in [0.4, 0.5) is 0 Å². The second-order valence-corrected chi connectivity index (χ2v) is 5.95. The quantitative estimate of drug-likeness (QED) is 0.862. The molecule has 16 heavy (non-hydrogen) atoms. The summed E-state index contributed by atoms with van der Waals surface area (Å²) in [6.45, 7) is 1.78. The third-order valence-corrected chi connectivity index (χ3v) is 4.41. The van der Waals surface area contributed by atoms with Crippen molar-refractivity contribution in [3.8, 4) is 0 Å². The highest BCUT2D eigenvalue weighted by Crippen LogP contribution is 2.27. The maximum absolute atomic E-state index is 11.7. The molecule has 1 aromatic rings. The second-order valence-electron chi connectivity index (χ2n) is 3.99. The number of amides is 1. The first-order valence-electron chi connectivity index (χ1n) is 5.12. The lowest BCUT2D eigenvalue weighted by Gasteiger charge is -2.07. The van der Waals surface area contributed by atoms with Gasteiger partial charge in [0.05, 0.1) is 5.25 Å². The second kappa shape index (κ2) is 3.90. The molecule has 0 radical (unpaired) electrons. The van der Waals surface area contributed by atoms with Crippen LogP contribution in [-0.2, 0) is 10.0 Å². The third kappa shape index (κ3) is 2.24. The van der Waals surface area contributed by atoms with E-state index in [4.69, 9.17) is 0 Å². The Kier molecular flexibility index (Phi) is 2.71. The van der Waals surface area contributed by atoms with Gasteiger partial charge in [0.1, 0.15) is 0 Å². The topological polar surface area (TPSA) is 63.2 Å². The molecule has 2 rings (SSSR count). The monoisotopic (exact) mass is 239 g/mol. The van der Waals surface area contributed by atoms with Gasteiger partial charge < -0.3 is 0 Å². The van der Waals surface area contributed by atoms with Crippen LogP contribution in [0.2, 0.25) is 0 Å². The predicted octanol–water partition coefficient (Wildman–Crippen LogP) is 1.22. The SMILES string of the molecule is Cc1ccccc1C(=O)NS(=O)(=O)C1CC1. The van der Waals surface area contributed by atoms with E-state index < -0.39 is 15.9 Å². The number of carbonyl (C=O) groups excluding carboxylic acids is 1. The standard InChI is InChI=1S/C11H13NO3S/c1-8-4-2-3-5-10(8)11(13)12-16(14,15)9-6-7-9/h2-5,9H,6-7H2,1H3,(H,12,13). The Morgan fingerprint density at radius 3 is 2.50 bits per heavy atom. The lowest BCUT2D eigenvalue weighted by Crippen LogP contribution is -2.33. The summed E-state index contributed by atoms with van der Waals surface area (Å²) < 4.78 is 25.2. The van der Waals surface area contributed by atoms with Crippen LogP contribution in [0.3, 0.4) is 0 Å². The summed E-state index contributed by atoms with van der Waals surface area (Å²) in [7, 11) is -3.45. The molecule has 0 aliphatic heterocycles. The van der Waals surface area contributed by atoms with E-state index in [0.717, 1.165) is 5.56 Å². The average Bonchev–Trinajstić information content (AvgIpc) is 3.00. The highest BCUT2D eigenvalue weighted by Gasteiger charge is 2.37. The zero-order valence-electron chi connectivity index (χ0n) is 8.93. The lowest BCUT2D eigenvalue weighted by atomic mass is 10.1. The van der Waals surface area contributed by atoms with Crippen LogP contribution in [0.1, 0.15) is 28.8 Å². The highest BCUT2D eigenvalue weighted by molar-refractivity contribution is 7.91. The summed E-state index contributed by atoms with van der Waals surface area (Å²) in [4.78, 5) is 11.7. The van der Waals surface area contributed by atoms with Crippen molar-refractivity contribution >= 4 is 15.9 Å². The Labute approximate surface area is 94.7 Å². The normalized spacial score (nSPS) is 15.8. The van der Waals surface area contributed by atoms with Gasteiger partial charge in [0.25, 0.3) is 5.91 Å². The van der Waals surface area contributed by atoms with Gasteiger partial charge in [0, 0.05) is 5.56 Å². The van der Waals surface area contributed by atoms with Crippen molar-refractivity contribution in [2.45, 2.75) is 25.0 Å². The molecule has 1 N–H and O–H groups in total. The molecule has 0 saturated heterocycles. The van der Waals surface area contributed by atoms with Gasteiger partial charge in [-0.15, -0.1) is 0 Å². The van der Waals surface area contributed by atoms with E-state index >= 15 is 0 Å². The van der Waals surface area contributed by atoms with Gasteiger partial charge in [-0.2, -0.15) is 0 Å². The Bertz CT molecular complexity index is 518. The Balaban J connectivity index is 2.18. The molecule has 1 aliphatic rings. The molecule has 1 aliphatic carbocycles. The Morgan fingerprint density at radius 2 is 1.94 bits per heavy atom. The van der Waals surface area contributed by atoms with Crippen LogP contribution in [0.25, 0.3) is 0 Å². The number of rotatable bonds is 3. The molecule has 86 valence electrons. The van der Waals surface area contributed by atoms with Gasteiger partial charge in [-0.1, -0.05) is 18.2 Å². The zero-order chi connectivity index (χ0) is 11.8. The molecular formula is C11H13NO3S. The molecule has 0 atom stereocenters. The Morgan fingerprint density at radius 1 is 1.31 bits per heavy atom. The fourth-order valence-electron chi connectivity index (χ4n) is 1.47. The smallest absolute Gasteiger partial charge is 0.264 e. The molecule has 1 fully saturated rings. The minimum atomic E-state index is -3.45. The summed E-state index contributed by atoms with van der Waals surface area (Å²) >= 11 is 0. The van der Waals surface area contributed by atoms with Crippen LogP contribution in [0.15, 0.2) is 24.3 Å². The molecule has 1 amide bonds. The van der Waals surface area contributed by atoms with Gasteiger partial charge >= 0.3 is 0 Å². The van der Waals surface area contributed by atoms with Crippen molar-refractivity contribution in [3.05, 3.63) is 35.4 Å². The average molecular weight is 239 g/mol. The van der Waals surface area contributed by atoms with Crippen molar-refractivity contribution in [1.29, 1.82) is 0 Å². The molecular weight excluding hydrogens is 226 g/mol. The molecule has 0 bridgehead atoms. The maximum Gasteiger partial charge on any atom is 0.264 e. The van der Waals surface area contributed by atoms with Crippen molar-refractivity contribution in [3.63, 3.8) is 0 Å². The predicted molar refractivity (Wildman–Crippen MR) is 60.6 cm³/mol. The summed E-state index contributed by atoms with van der Waals surface area (Å²) in [6.07, 6.45) is 1.30. The molecule has 0 aromatic heterocycles. The number of hydrogen-bond acceptors (Lipinski definition) is 3. The first kappa shape index (κ1) is 11.1. The van der Waals surface area contributed by atoms with Crippen LogP contribution >= 0.6 is 0 Å². The fourth-order valence-corrected chi connectivity index (χ4v) is 2.77. The molecule has 0 heterocycles. The zero-order valence-corrected chi connectivity index (χ0v) is 9.75. The summed E-state index contributed by atoms with van der Waals surface area (Å²) in [6, 6.07) is 6.92. The van der Waals surface area contributed by atoms with Crippen LogP contribution in [-0.4, -0.2) is 19.6 Å². The van der Waals surface area contributed by atoms with Gasteiger partial charge in [0.2, 0.25) is 10.0 Å². The van der Waals surface area contributed by atoms with Gasteiger partial charge in [-0.05, 0) is 31.4 Å². The number of nitrogens with one attached hydrogen (secondary N) is 1. The van der Waals surface area contributed by atoms with Gasteiger partial charge in [-0.3, -0.25) is 4.79 Å². The highest BCUT2D eigenvalue weighted by atomic mass is 32.2. The first-order chi connectivity index (χ1) is 7.50. The largest absolute Gasteiger partial charge is 0.268 e. The van der Waals surface area contributed by atoms with E-state index in [1.54, 1.807) is 25.1 Å². The van der Waals surface area contributed by atoms with Crippen molar-refractivity contribution in [2.24, 2.45) is 0 Å². The number of carbonyl (C=O) groups is 1. The molecule has 5 heteroatoms. The maximum atomic E-state index is 11.7. The molecule has 0 unspecified atom stereocenters. The van der Waals surface area contributed by atoms with Gasteiger partial charge in [0.15, 0.2) is 0 Å². The van der Waals surface area contributed by atoms with E-state index in [-0.39, 0.29) is 5.25 Å². The molecule has 1 aromatic carbocycles. The van der Waals surface area contributed by atoms with Crippen molar-refractivity contribution < 1.29 is 13.2 Å². The summed E-state index contributed by atoms with van der Waals surface area (Å²) in [5, 5.41) is -0.375. The van der Waals surface area contributed by atoms with E-state index in [9.17, 15) is 13.2 Å².